The molecule has 0 unspecified atom stereocenters. The molecule has 0 aliphatic carbocycles. The molecule has 1 aromatic carbocycles. The van der Waals surface area contributed by atoms with E-state index in [1.54, 1.807) is 19.9 Å². The summed E-state index contributed by atoms with van der Waals surface area (Å²) in [6.07, 6.45) is 0.702. The third kappa shape index (κ3) is 1.24. The van der Waals surface area contributed by atoms with Crippen molar-refractivity contribution < 1.29 is 9.18 Å². The van der Waals surface area contributed by atoms with Crippen LogP contribution in [-0.2, 0) is 0 Å². The van der Waals surface area contributed by atoms with E-state index in [0.29, 0.717) is 23.0 Å². The van der Waals surface area contributed by atoms with Crippen molar-refractivity contribution in [3.05, 3.63) is 34.1 Å². The minimum atomic E-state index is -0.275. The van der Waals surface area contributed by atoms with Crippen molar-refractivity contribution >= 4 is 6.29 Å². The van der Waals surface area contributed by atoms with Gasteiger partial charge in [-0.05, 0) is 37.5 Å². The molecular formula is C10H11FO. The Kier molecular flexibility index (Phi) is 2.27. The summed E-state index contributed by atoms with van der Waals surface area (Å²) in [5.41, 5.74) is 2.35. The largest absolute Gasteiger partial charge is 0.298 e. The highest BCUT2D eigenvalue weighted by molar-refractivity contribution is 5.79. The Morgan fingerprint density at radius 3 is 2.33 bits per heavy atom. The Balaban J connectivity index is 3.51. The summed E-state index contributed by atoms with van der Waals surface area (Å²) in [6.45, 7) is 5.13. The second-order valence-corrected chi connectivity index (χ2v) is 2.98. The van der Waals surface area contributed by atoms with E-state index in [0.717, 1.165) is 5.56 Å². The topological polar surface area (TPSA) is 17.1 Å². The Labute approximate surface area is 71.2 Å². The molecule has 0 amide bonds. The molecule has 1 rings (SSSR count). The number of aldehydes is 1. The number of hydrogen-bond donors (Lipinski definition) is 0. The third-order valence-corrected chi connectivity index (χ3v) is 2.06. The van der Waals surface area contributed by atoms with Crippen LogP contribution in [0.15, 0.2) is 6.07 Å². The molecule has 0 saturated carbocycles. The average Bonchev–Trinajstić information content (AvgIpc) is 2.01. The Bertz CT molecular complexity index is 329. The molecule has 0 bridgehead atoms. The second kappa shape index (κ2) is 3.05. The van der Waals surface area contributed by atoms with Gasteiger partial charge in [0, 0.05) is 5.56 Å². The van der Waals surface area contributed by atoms with Crippen LogP contribution in [0.2, 0.25) is 0 Å². The van der Waals surface area contributed by atoms with Crippen LogP contribution < -0.4 is 0 Å². The summed E-state index contributed by atoms with van der Waals surface area (Å²) in [5, 5.41) is 0. The number of halogens is 1. The summed E-state index contributed by atoms with van der Waals surface area (Å²) < 4.78 is 13.2. The fourth-order valence-electron chi connectivity index (χ4n) is 1.36. The van der Waals surface area contributed by atoms with Gasteiger partial charge >= 0.3 is 0 Å². The molecule has 0 aliphatic rings. The van der Waals surface area contributed by atoms with Crippen LogP contribution in [0.5, 0.6) is 0 Å². The van der Waals surface area contributed by atoms with E-state index in [9.17, 15) is 9.18 Å². The van der Waals surface area contributed by atoms with Gasteiger partial charge in [-0.1, -0.05) is 6.07 Å². The quantitative estimate of drug-likeness (QED) is 0.586. The number of carbonyl (C=O) groups is 1. The van der Waals surface area contributed by atoms with Gasteiger partial charge in [-0.25, -0.2) is 4.39 Å². The highest BCUT2D eigenvalue weighted by atomic mass is 19.1. The fraction of sp³-hybridized carbons (Fsp3) is 0.300. The van der Waals surface area contributed by atoms with Gasteiger partial charge in [0.25, 0.3) is 0 Å². The Morgan fingerprint density at radius 2 is 1.83 bits per heavy atom. The minimum absolute atomic E-state index is 0.275. The minimum Gasteiger partial charge on any atom is -0.298 e. The number of hydrogen-bond acceptors (Lipinski definition) is 1. The summed E-state index contributed by atoms with van der Waals surface area (Å²) in [6, 6.07) is 1.69. The van der Waals surface area contributed by atoms with Crippen molar-refractivity contribution in [1.29, 1.82) is 0 Å². The zero-order valence-corrected chi connectivity index (χ0v) is 7.44. The zero-order valence-electron chi connectivity index (χ0n) is 7.44. The van der Waals surface area contributed by atoms with Crippen molar-refractivity contribution in [2.75, 3.05) is 0 Å². The number of benzene rings is 1. The lowest BCUT2D eigenvalue weighted by Crippen LogP contribution is -1.97. The van der Waals surface area contributed by atoms with Crippen LogP contribution in [0.1, 0.15) is 27.0 Å². The van der Waals surface area contributed by atoms with Gasteiger partial charge in [-0.2, -0.15) is 0 Å². The molecule has 1 aromatic rings. The first kappa shape index (κ1) is 8.91. The lowest BCUT2D eigenvalue weighted by Gasteiger charge is -2.06. The van der Waals surface area contributed by atoms with E-state index in [-0.39, 0.29) is 5.82 Å². The maximum Gasteiger partial charge on any atom is 0.150 e. The van der Waals surface area contributed by atoms with Gasteiger partial charge in [0.05, 0.1) is 0 Å². The maximum atomic E-state index is 13.2. The van der Waals surface area contributed by atoms with Crippen LogP contribution in [0.4, 0.5) is 4.39 Å². The van der Waals surface area contributed by atoms with E-state index in [2.05, 4.69) is 0 Å². The van der Waals surface area contributed by atoms with Gasteiger partial charge in [-0.3, -0.25) is 4.79 Å². The van der Waals surface area contributed by atoms with Gasteiger partial charge < -0.3 is 0 Å². The van der Waals surface area contributed by atoms with Crippen LogP contribution >= 0.6 is 0 Å². The lowest BCUT2D eigenvalue weighted by atomic mass is 10.0. The highest BCUT2D eigenvalue weighted by Crippen LogP contribution is 2.18. The van der Waals surface area contributed by atoms with Gasteiger partial charge in [0.1, 0.15) is 5.82 Å². The first-order valence-corrected chi connectivity index (χ1v) is 3.79. The molecule has 0 aromatic heterocycles. The number of aryl methyl sites for hydroxylation is 2. The van der Waals surface area contributed by atoms with Crippen LogP contribution in [-0.4, -0.2) is 6.29 Å². The van der Waals surface area contributed by atoms with E-state index >= 15 is 0 Å². The normalized spacial score (nSPS) is 10.0. The number of rotatable bonds is 1. The first-order valence-electron chi connectivity index (χ1n) is 3.79. The predicted octanol–water partition coefficient (Wildman–Crippen LogP) is 2.56. The molecule has 0 aliphatic heterocycles. The van der Waals surface area contributed by atoms with Gasteiger partial charge in [0.15, 0.2) is 6.29 Å². The molecule has 0 N–H and O–H groups in total. The molecule has 64 valence electrons. The Hall–Kier alpha value is -1.18. The average molecular weight is 166 g/mol. The zero-order chi connectivity index (χ0) is 9.30. The van der Waals surface area contributed by atoms with Crippen molar-refractivity contribution in [2.24, 2.45) is 0 Å². The number of carbonyl (C=O) groups excluding carboxylic acids is 1. The summed E-state index contributed by atoms with van der Waals surface area (Å²) in [5.74, 6) is -0.275. The Morgan fingerprint density at radius 1 is 1.25 bits per heavy atom. The molecule has 0 radical (unpaired) electrons. The smallest absolute Gasteiger partial charge is 0.150 e. The van der Waals surface area contributed by atoms with Crippen LogP contribution in [0.25, 0.3) is 0 Å². The van der Waals surface area contributed by atoms with Crippen LogP contribution in [0.3, 0.4) is 0 Å². The summed E-state index contributed by atoms with van der Waals surface area (Å²) in [4.78, 5) is 10.5. The van der Waals surface area contributed by atoms with E-state index < -0.39 is 0 Å². The molecule has 0 atom stereocenters. The summed E-state index contributed by atoms with van der Waals surface area (Å²) >= 11 is 0. The molecule has 12 heavy (non-hydrogen) atoms. The third-order valence-electron chi connectivity index (χ3n) is 2.06. The molecule has 1 nitrogen and oxygen atoms in total. The van der Waals surface area contributed by atoms with E-state index in [1.807, 2.05) is 6.92 Å². The van der Waals surface area contributed by atoms with Crippen molar-refractivity contribution in [1.82, 2.24) is 0 Å². The van der Waals surface area contributed by atoms with Crippen molar-refractivity contribution in [3.8, 4) is 0 Å². The maximum absolute atomic E-state index is 13.2. The first-order chi connectivity index (χ1) is 5.57. The molecule has 0 saturated heterocycles. The van der Waals surface area contributed by atoms with Crippen LogP contribution in [0, 0.1) is 26.6 Å². The van der Waals surface area contributed by atoms with Crippen molar-refractivity contribution in [3.63, 3.8) is 0 Å². The van der Waals surface area contributed by atoms with Gasteiger partial charge in [-0.15, -0.1) is 0 Å². The predicted molar refractivity (Wildman–Crippen MR) is 46.0 cm³/mol. The lowest BCUT2D eigenvalue weighted by molar-refractivity contribution is 0.112. The highest BCUT2D eigenvalue weighted by Gasteiger charge is 2.08. The van der Waals surface area contributed by atoms with Gasteiger partial charge in [0.2, 0.25) is 0 Å². The SMILES string of the molecule is Cc1cc(C)c(C=O)c(C)c1F. The standard InChI is InChI=1S/C10H11FO/c1-6-4-7(2)10(11)8(3)9(6)5-12/h4-5H,1-3H3. The van der Waals surface area contributed by atoms with E-state index in [4.69, 9.17) is 0 Å². The monoisotopic (exact) mass is 166 g/mol. The molecule has 0 fully saturated rings. The van der Waals surface area contributed by atoms with E-state index in [1.165, 1.54) is 0 Å². The molecular weight excluding hydrogens is 155 g/mol. The molecule has 0 heterocycles. The molecule has 2 heteroatoms. The fourth-order valence-corrected chi connectivity index (χ4v) is 1.36. The molecule has 0 spiro atoms. The second-order valence-electron chi connectivity index (χ2n) is 2.98. The summed E-state index contributed by atoms with van der Waals surface area (Å²) in [7, 11) is 0. The van der Waals surface area contributed by atoms with Crippen molar-refractivity contribution in [2.45, 2.75) is 20.8 Å².